The van der Waals surface area contributed by atoms with E-state index in [1.807, 2.05) is 0 Å². The van der Waals surface area contributed by atoms with E-state index < -0.39 is 52.4 Å². The van der Waals surface area contributed by atoms with Gasteiger partial charge in [0.25, 0.3) is 5.91 Å². The number of hydrogen-bond donors (Lipinski definition) is 2. The molecule has 1 saturated carbocycles. The summed E-state index contributed by atoms with van der Waals surface area (Å²) in [5.41, 5.74) is -1.22. The predicted molar refractivity (Wildman–Crippen MR) is 118 cm³/mol. The van der Waals surface area contributed by atoms with Gasteiger partial charge >= 0.3 is 12.4 Å². The Bertz CT molecular complexity index is 1140. The zero-order valence-corrected chi connectivity index (χ0v) is 20.3. The molecular formula is C20H12BrCl3F6N2O2. The standard InChI is InChI=1S/C20H12BrCl3F6N2O2/c21-12-3-1-8(5-11(12)20(28,29)30)14-15(19(14,23)24)17(34)32-9-2-4-13(22)10(6-9)16(33)31-7-18(25,26)27/h1-6,14-15H,7H2,(H,31,33)(H,32,34). The molecule has 0 radical (unpaired) electrons. The number of nitrogens with one attached hydrogen (secondary N) is 2. The molecule has 0 heterocycles. The van der Waals surface area contributed by atoms with Gasteiger partial charge in [0.15, 0.2) is 0 Å². The van der Waals surface area contributed by atoms with Crippen LogP contribution in [-0.2, 0) is 11.0 Å². The lowest BCUT2D eigenvalue weighted by molar-refractivity contribution is -0.138. The minimum absolute atomic E-state index is 0.00636. The first-order chi connectivity index (χ1) is 15.5. The Hall–Kier alpha value is -1.69. The van der Waals surface area contributed by atoms with Crippen LogP contribution in [0.15, 0.2) is 40.9 Å². The molecule has 1 fully saturated rings. The third-order valence-electron chi connectivity index (χ3n) is 4.92. The van der Waals surface area contributed by atoms with Gasteiger partial charge in [0.2, 0.25) is 5.91 Å². The molecule has 1 aliphatic rings. The second-order valence-electron chi connectivity index (χ2n) is 7.35. The molecule has 2 unspecified atom stereocenters. The maximum Gasteiger partial charge on any atom is 0.417 e. The second-order valence-corrected chi connectivity index (χ2v) is 10.1. The van der Waals surface area contributed by atoms with Gasteiger partial charge in [-0.3, -0.25) is 9.59 Å². The highest BCUT2D eigenvalue weighted by Crippen LogP contribution is 2.65. The highest BCUT2D eigenvalue weighted by molar-refractivity contribution is 9.10. The van der Waals surface area contributed by atoms with Gasteiger partial charge in [-0.1, -0.05) is 33.6 Å². The summed E-state index contributed by atoms with van der Waals surface area (Å²) in [4.78, 5) is 24.8. The van der Waals surface area contributed by atoms with E-state index in [-0.39, 0.29) is 26.3 Å². The molecule has 2 N–H and O–H groups in total. The van der Waals surface area contributed by atoms with Crippen LogP contribution >= 0.6 is 50.7 Å². The van der Waals surface area contributed by atoms with Gasteiger partial charge in [0, 0.05) is 16.1 Å². The van der Waals surface area contributed by atoms with Crippen LogP contribution < -0.4 is 10.6 Å². The van der Waals surface area contributed by atoms with Crippen LogP contribution in [0.4, 0.5) is 32.0 Å². The summed E-state index contributed by atoms with van der Waals surface area (Å²) in [6.07, 6.45) is -9.30. The molecule has 0 bridgehead atoms. The number of rotatable bonds is 5. The molecule has 2 aromatic carbocycles. The van der Waals surface area contributed by atoms with Crippen LogP contribution in [0.5, 0.6) is 0 Å². The van der Waals surface area contributed by atoms with Crippen LogP contribution in [-0.4, -0.2) is 28.9 Å². The summed E-state index contributed by atoms with van der Waals surface area (Å²) in [6, 6.07) is 6.87. The van der Waals surface area contributed by atoms with Crippen molar-refractivity contribution in [3.05, 3.63) is 62.6 Å². The smallest absolute Gasteiger partial charge is 0.343 e. The van der Waals surface area contributed by atoms with Gasteiger partial charge in [0.05, 0.1) is 22.1 Å². The monoisotopic (exact) mass is 610 g/mol. The van der Waals surface area contributed by atoms with Gasteiger partial charge in [-0.2, -0.15) is 26.3 Å². The number of carbonyl (C=O) groups excluding carboxylic acids is 2. The van der Waals surface area contributed by atoms with Crippen LogP contribution in [0.3, 0.4) is 0 Å². The normalized spacial score (nSPS) is 19.5. The average molecular weight is 613 g/mol. The molecule has 2 amide bonds. The molecule has 4 nitrogen and oxygen atoms in total. The summed E-state index contributed by atoms with van der Waals surface area (Å²) in [5.74, 6) is -4.00. The fourth-order valence-corrected chi connectivity index (χ4v) is 4.80. The predicted octanol–water partition coefficient (Wildman–Crippen LogP) is 6.94. The molecule has 0 saturated heterocycles. The van der Waals surface area contributed by atoms with Crippen molar-refractivity contribution in [3.8, 4) is 0 Å². The third kappa shape index (κ3) is 5.92. The summed E-state index contributed by atoms with van der Waals surface area (Å²) in [5, 5.41) is 3.90. The van der Waals surface area contributed by atoms with Crippen LogP contribution in [0.1, 0.15) is 27.4 Å². The largest absolute Gasteiger partial charge is 0.417 e. The van der Waals surface area contributed by atoms with Crippen LogP contribution in [0.25, 0.3) is 0 Å². The molecular weight excluding hydrogens is 600 g/mol. The van der Waals surface area contributed by atoms with E-state index in [0.717, 1.165) is 12.1 Å². The van der Waals surface area contributed by atoms with Crippen molar-refractivity contribution in [2.24, 2.45) is 5.92 Å². The zero-order valence-electron chi connectivity index (χ0n) is 16.4. The summed E-state index contributed by atoms with van der Waals surface area (Å²) < 4.78 is 74.8. The average Bonchev–Trinajstić information content (AvgIpc) is 3.28. The SMILES string of the molecule is O=C(NCC(F)(F)F)c1cc(NC(=O)C2C(c3ccc(Br)c(C(F)(F)F)c3)C2(Cl)Cl)ccc1Cl. The van der Waals surface area contributed by atoms with Gasteiger partial charge in [-0.15, -0.1) is 23.2 Å². The Morgan fingerprint density at radius 1 is 1.03 bits per heavy atom. The van der Waals surface area contributed by atoms with Crippen molar-refractivity contribution < 1.29 is 35.9 Å². The van der Waals surface area contributed by atoms with E-state index in [1.54, 1.807) is 5.32 Å². The lowest BCUT2D eigenvalue weighted by Crippen LogP contribution is -2.33. The van der Waals surface area contributed by atoms with Gasteiger partial charge < -0.3 is 10.6 Å². The van der Waals surface area contributed by atoms with Crippen molar-refractivity contribution >= 4 is 68.2 Å². The van der Waals surface area contributed by atoms with Crippen LogP contribution in [0, 0.1) is 5.92 Å². The highest BCUT2D eigenvalue weighted by Gasteiger charge is 2.67. The van der Waals surface area contributed by atoms with E-state index >= 15 is 0 Å². The van der Waals surface area contributed by atoms with Crippen molar-refractivity contribution in [1.82, 2.24) is 5.32 Å². The topological polar surface area (TPSA) is 58.2 Å². The summed E-state index contributed by atoms with van der Waals surface area (Å²) in [6.45, 7) is -1.59. The number of carbonyl (C=O) groups is 2. The number of alkyl halides is 8. The Morgan fingerprint density at radius 3 is 2.26 bits per heavy atom. The molecule has 184 valence electrons. The van der Waals surface area contributed by atoms with E-state index in [0.29, 0.717) is 0 Å². The van der Waals surface area contributed by atoms with E-state index in [2.05, 4.69) is 21.2 Å². The Morgan fingerprint density at radius 2 is 1.68 bits per heavy atom. The minimum Gasteiger partial charge on any atom is -0.343 e. The summed E-state index contributed by atoms with van der Waals surface area (Å²) >= 11 is 21.1. The minimum atomic E-state index is -4.66. The number of amides is 2. The molecule has 34 heavy (non-hydrogen) atoms. The molecule has 2 aromatic rings. The molecule has 0 aromatic heterocycles. The number of hydrogen-bond acceptors (Lipinski definition) is 2. The van der Waals surface area contributed by atoms with Crippen LogP contribution in [0.2, 0.25) is 5.02 Å². The van der Waals surface area contributed by atoms with Crippen molar-refractivity contribution in [2.75, 3.05) is 11.9 Å². The van der Waals surface area contributed by atoms with Crippen molar-refractivity contribution in [3.63, 3.8) is 0 Å². The van der Waals surface area contributed by atoms with Crippen molar-refractivity contribution in [1.29, 1.82) is 0 Å². The molecule has 2 atom stereocenters. The lowest BCUT2D eigenvalue weighted by Gasteiger charge is -2.12. The summed E-state index contributed by atoms with van der Waals surface area (Å²) in [7, 11) is 0. The fraction of sp³-hybridized carbons (Fsp3) is 0.300. The molecule has 14 heteroatoms. The molecule has 1 aliphatic carbocycles. The zero-order chi connectivity index (χ0) is 25.6. The third-order valence-corrected chi connectivity index (χ3v) is 6.88. The van der Waals surface area contributed by atoms with Gasteiger partial charge in [0.1, 0.15) is 10.9 Å². The van der Waals surface area contributed by atoms with E-state index in [4.69, 9.17) is 34.8 Å². The fourth-order valence-electron chi connectivity index (χ4n) is 3.29. The highest BCUT2D eigenvalue weighted by atomic mass is 79.9. The van der Waals surface area contributed by atoms with Gasteiger partial charge in [-0.25, -0.2) is 0 Å². The Balaban J connectivity index is 1.78. The maximum absolute atomic E-state index is 13.2. The first-order valence-electron chi connectivity index (χ1n) is 9.22. The second kappa shape index (κ2) is 9.40. The molecule has 3 rings (SSSR count). The first-order valence-corrected chi connectivity index (χ1v) is 11.1. The first kappa shape index (κ1) is 26.9. The maximum atomic E-state index is 13.2. The lowest BCUT2D eigenvalue weighted by atomic mass is 10.0. The van der Waals surface area contributed by atoms with Crippen molar-refractivity contribution in [2.45, 2.75) is 22.6 Å². The number of benzene rings is 2. The Labute approximate surface area is 212 Å². The molecule has 0 aliphatic heterocycles. The number of halogens is 10. The quantitative estimate of drug-likeness (QED) is 0.284. The van der Waals surface area contributed by atoms with E-state index in [1.165, 1.54) is 24.3 Å². The molecule has 0 spiro atoms. The van der Waals surface area contributed by atoms with Gasteiger partial charge in [-0.05, 0) is 35.9 Å². The van der Waals surface area contributed by atoms with E-state index in [9.17, 15) is 35.9 Å². The Kier molecular flexibility index (Phi) is 7.44. The number of anilines is 1.